The zero-order chi connectivity index (χ0) is 63.6. The smallest absolute Gasteiger partial charge is 0.320 e. The van der Waals surface area contributed by atoms with Gasteiger partial charge < -0.3 is 78.1 Å². The lowest BCUT2D eigenvalue weighted by atomic mass is 10.1. The highest BCUT2D eigenvalue weighted by molar-refractivity contribution is 5.87. The lowest BCUT2D eigenvalue weighted by Crippen LogP contribution is -2.45. The summed E-state index contributed by atoms with van der Waals surface area (Å²) in [6.07, 6.45) is 2.25. The molecule has 3 aromatic heterocycles. The van der Waals surface area contributed by atoms with Gasteiger partial charge in [0.1, 0.15) is 41.1 Å². The molecule has 3 aliphatic rings. The number of rotatable bonds is 22. The van der Waals surface area contributed by atoms with Crippen LogP contribution in [0.15, 0.2) is 65.8 Å². The summed E-state index contributed by atoms with van der Waals surface area (Å²) in [5.41, 5.74) is 27.1. The van der Waals surface area contributed by atoms with Crippen molar-refractivity contribution in [3.63, 3.8) is 0 Å². The number of fused-ring (bicyclic) bond motifs is 6. The fourth-order valence-electron chi connectivity index (χ4n) is 9.42. The summed E-state index contributed by atoms with van der Waals surface area (Å²) in [6, 6.07) is 9.05. The highest BCUT2D eigenvalue weighted by Gasteiger charge is 2.28. The molecule has 15 N–H and O–H groups in total. The number of carbonyl (C=O) groups excluding carboxylic acids is 1. The van der Waals surface area contributed by atoms with Crippen molar-refractivity contribution < 1.29 is 34.5 Å². The first kappa shape index (κ1) is 64.9. The van der Waals surface area contributed by atoms with Gasteiger partial charge >= 0.3 is 17.9 Å². The zero-order valence-electron chi connectivity index (χ0n) is 49.5. The van der Waals surface area contributed by atoms with Crippen LogP contribution in [0.25, 0.3) is 19.7 Å². The molecule has 0 fully saturated rings. The maximum absolute atomic E-state index is 12.5. The molecule has 28 heteroatoms. The summed E-state index contributed by atoms with van der Waals surface area (Å²) in [4.78, 5) is 122. The van der Waals surface area contributed by atoms with Gasteiger partial charge in [0.15, 0.2) is 33.5 Å². The molecule has 0 radical (unpaired) electrons. The van der Waals surface area contributed by atoms with Crippen LogP contribution >= 0.6 is 0 Å². The van der Waals surface area contributed by atoms with Crippen LogP contribution in [0.1, 0.15) is 65.5 Å². The number of aryl methyl sites for hydroxylation is 6. The van der Waals surface area contributed by atoms with E-state index in [0.29, 0.717) is 88.0 Å². The van der Waals surface area contributed by atoms with E-state index >= 15 is 0 Å². The summed E-state index contributed by atoms with van der Waals surface area (Å²) >= 11 is 0. The highest BCUT2D eigenvalue weighted by Crippen LogP contribution is 2.39. The lowest BCUT2D eigenvalue weighted by molar-refractivity contribution is -0.139. The molecule has 0 saturated carbocycles. The maximum atomic E-state index is 12.5. The number of aromatic nitrogens is 6. The van der Waals surface area contributed by atoms with Gasteiger partial charge in [-0.1, -0.05) is 19.7 Å². The van der Waals surface area contributed by atoms with Gasteiger partial charge in [-0.05, 0) is 157 Å². The van der Waals surface area contributed by atoms with Crippen LogP contribution < -0.4 is 97.0 Å². The Hall–Kier alpha value is -9.61. The van der Waals surface area contributed by atoms with E-state index < -0.39 is 41.6 Å². The van der Waals surface area contributed by atoms with E-state index in [2.05, 4.69) is 92.7 Å². The van der Waals surface area contributed by atoms with Gasteiger partial charge in [0.25, 0.3) is 16.7 Å². The van der Waals surface area contributed by atoms with E-state index in [1.54, 1.807) is 4.90 Å². The third-order valence-corrected chi connectivity index (χ3v) is 14.7. The van der Waals surface area contributed by atoms with Crippen LogP contribution in [-0.4, -0.2) is 140 Å². The summed E-state index contributed by atoms with van der Waals surface area (Å²) in [5.74, 6) is -2.24. The SMILES string of the molecule is C=c1nc2c(c(=O)[nH]1)=Nc1cc(C)c(C)cc1N2CC(=O)NCC[C@H](N)C(=O)O.C=c1nc2c(c(=O)[nH]1)=Nc1cc(C)c(C)cc1N2CCNCCC[C@@H](N)C(=O)O.C=c1nc2c(c(=O)[nH]1)=Nc1cc(C)c(C)cc1N2CCNCCC[C@H](N)C(=O)O. The molecular formula is C59H74N18O10. The molecule has 0 unspecified atom stereocenters. The molecule has 28 nitrogen and oxygen atoms in total. The van der Waals surface area contributed by atoms with Crippen LogP contribution in [0.4, 0.5) is 51.6 Å². The Morgan fingerprint density at radius 2 is 0.793 bits per heavy atom. The molecule has 0 bridgehead atoms. The molecule has 3 aromatic carbocycles. The van der Waals surface area contributed by atoms with E-state index in [1.165, 1.54) is 0 Å². The van der Waals surface area contributed by atoms with Gasteiger partial charge in [-0.2, -0.15) is 0 Å². The standard InChI is InChI=1S/2C20H26N6O3.C19H22N6O4/c2*1-11-9-15-16(10-12(11)2)26(8-7-22-6-4-5-14(21)20(28)29)18-17(25-15)19(27)24-13(3)23-18;1-9-6-13-14(7-10(9)2)25(8-15(26)21-5-4-12(20)19(28)29)17-16(24-13)18(27)23-11(3)22-17/h2*9-10,14,22H,3-8,21H2,1-2H3,(H,24,27)(H,28,29);6-7,12H,3-5,8,20H2,1-2H3,(H,21,26)(H,23,27)(H,28,29)/t2*14-;12-/m100/s1. The Bertz CT molecular complexity index is 4020. The van der Waals surface area contributed by atoms with Gasteiger partial charge in [0.2, 0.25) is 5.91 Å². The average molecular weight is 1200 g/mol. The number of nitrogens with two attached hydrogens (primary N) is 3. The highest BCUT2D eigenvalue weighted by atomic mass is 16.4. The van der Waals surface area contributed by atoms with Crippen LogP contribution in [0.2, 0.25) is 0 Å². The molecule has 87 heavy (non-hydrogen) atoms. The van der Waals surface area contributed by atoms with Crippen LogP contribution in [0.3, 0.4) is 0 Å². The Kier molecular flexibility index (Phi) is 21.3. The normalized spacial score (nSPS) is 13.3. The second-order valence-corrected chi connectivity index (χ2v) is 21.3. The zero-order valence-corrected chi connectivity index (χ0v) is 49.5. The number of carbonyl (C=O) groups is 4. The Morgan fingerprint density at radius 3 is 1.14 bits per heavy atom. The molecule has 460 valence electrons. The summed E-state index contributed by atoms with van der Waals surface area (Å²) < 4.78 is 0. The van der Waals surface area contributed by atoms with E-state index in [9.17, 15) is 33.6 Å². The molecule has 0 saturated heterocycles. The number of nitrogens with one attached hydrogen (secondary N) is 6. The van der Waals surface area contributed by atoms with Crippen molar-refractivity contribution in [2.24, 2.45) is 32.2 Å². The van der Waals surface area contributed by atoms with E-state index in [1.807, 2.05) is 75.6 Å². The van der Waals surface area contributed by atoms with Crippen LogP contribution in [0.5, 0.6) is 0 Å². The van der Waals surface area contributed by atoms with Gasteiger partial charge in [-0.15, -0.1) is 0 Å². The number of aliphatic carboxylic acids is 3. The second kappa shape index (κ2) is 28.5. The number of H-pyrrole nitrogens is 3. The third kappa shape index (κ3) is 16.0. The minimum atomic E-state index is -1.13. The fourth-order valence-corrected chi connectivity index (χ4v) is 9.42. The molecule has 1 amide bonds. The van der Waals surface area contributed by atoms with Crippen molar-refractivity contribution in [1.82, 2.24) is 45.9 Å². The van der Waals surface area contributed by atoms with Crippen molar-refractivity contribution in [1.29, 1.82) is 0 Å². The van der Waals surface area contributed by atoms with Crippen molar-refractivity contribution in [2.45, 2.75) is 91.8 Å². The Morgan fingerprint density at radius 1 is 0.483 bits per heavy atom. The summed E-state index contributed by atoms with van der Waals surface area (Å²) in [7, 11) is 0. The second-order valence-electron chi connectivity index (χ2n) is 21.3. The first-order valence-corrected chi connectivity index (χ1v) is 28.1. The number of benzene rings is 3. The third-order valence-electron chi connectivity index (χ3n) is 14.7. The first-order chi connectivity index (χ1) is 41.2. The Labute approximate surface area is 498 Å². The number of aromatic amines is 3. The molecule has 3 aliphatic heterocycles. The van der Waals surface area contributed by atoms with Gasteiger partial charge in [0.05, 0.1) is 34.1 Å². The average Bonchev–Trinajstić information content (AvgIpc) is 0.852. The monoisotopic (exact) mass is 1190 g/mol. The minimum Gasteiger partial charge on any atom is -0.480 e. The molecule has 9 rings (SSSR count). The number of anilines is 6. The molecule has 6 heterocycles. The number of carboxylic acid groups (broad SMARTS) is 3. The quantitative estimate of drug-likeness (QED) is 0.0366. The predicted molar refractivity (Wildman–Crippen MR) is 330 cm³/mol. The summed E-state index contributed by atoms with van der Waals surface area (Å²) in [6.45, 7) is 26.8. The van der Waals surface area contributed by atoms with Gasteiger partial charge in [-0.25, -0.2) is 29.9 Å². The van der Waals surface area contributed by atoms with E-state index in [4.69, 9.17) is 32.5 Å². The number of carboxylic acids is 3. The van der Waals surface area contributed by atoms with Crippen LogP contribution in [0, 0.1) is 41.5 Å². The molecular weight excluding hydrogens is 1120 g/mol. The maximum Gasteiger partial charge on any atom is 0.320 e. The minimum absolute atomic E-state index is 0.100. The lowest BCUT2D eigenvalue weighted by Gasteiger charge is -2.28. The number of amides is 1. The molecule has 0 spiro atoms. The number of hydrogen-bond donors (Lipinski definition) is 12. The van der Waals surface area contributed by atoms with Crippen molar-refractivity contribution >= 4 is 95.1 Å². The predicted octanol–water partition coefficient (Wildman–Crippen LogP) is -0.919. The number of hydrogen-bond acceptors (Lipinski definition) is 21. The first-order valence-electron chi connectivity index (χ1n) is 28.1. The van der Waals surface area contributed by atoms with Crippen molar-refractivity contribution in [3.8, 4) is 0 Å². The van der Waals surface area contributed by atoms with E-state index in [0.717, 1.165) is 56.1 Å². The van der Waals surface area contributed by atoms with E-state index in [-0.39, 0.29) is 74.9 Å². The molecule has 0 aliphatic carbocycles. The molecule has 3 atom stereocenters. The Balaban J connectivity index is 0.000000186. The molecule has 6 aromatic rings. The van der Waals surface area contributed by atoms with Gasteiger partial charge in [-0.3, -0.25) is 33.6 Å². The van der Waals surface area contributed by atoms with Crippen molar-refractivity contribution in [2.75, 3.05) is 67.1 Å². The fraction of sp³-hybridized carbons (Fsp3) is 0.373. The van der Waals surface area contributed by atoms with Crippen LogP contribution in [-0.2, 0) is 19.2 Å². The van der Waals surface area contributed by atoms with Crippen molar-refractivity contribution in [3.05, 3.63) is 133 Å². The largest absolute Gasteiger partial charge is 0.480 e. The van der Waals surface area contributed by atoms with Gasteiger partial charge in [0, 0.05) is 32.7 Å². The number of nitrogens with zero attached hydrogens (tertiary/aromatic N) is 9. The summed E-state index contributed by atoms with van der Waals surface area (Å²) in [5, 5.41) is 36.4. The topological polar surface area (TPSA) is 427 Å².